The quantitative estimate of drug-likeness (QED) is 0.411. The highest BCUT2D eigenvalue weighted by Crippen LogP contribution is 2.37. The van der Waals surface area contributed by atoms with E-state index in [1.54, 1.807) is 19.2 Å². The summed E-state index contributed by atoms with van der Waals surface area (Å²) in [6.45, 7) is 11.7. The Balaban J connectivity index is 1.47. The molecule has 8 nitrogen and oxygen atoms in total. The number of aromatic nitrogens is 3. The van der Waals surface area contributed by atoms with E-state index >= 15 is 0 Å². The van der Waals surface area contributed by atoms with Gasteiger partial charge in [0.2, 0.25) is 0 Å². The average Bonchev–Trinajstić information content (AvgIpc) is 3.79. The van der Waals surface area contributed by atoms with Crippen LogP contribution in [-0.4, -0.2) is 51.2 Å². The zero-order valence-corrected chi connectivity index (χ0v) is 23.9. The second-order valence-corrected chi connectivity index (χ2v) is 11.2. The molecule has 8 heteroatoms. The second kappa shape index (κ2) is 11.4. The van der Waals surface area contributed by atoms with Gasteiger partial charge in [-0.05, 0) is 80.3 Å². The molecule has 3 aromatic rings. The number of fused-ring (bicyclic) bond motifs is 1. The van der Waals surface area contributed by atoms with E-state index in [9.17, 15) is 10.1 Å². The van der Waals surface area contributed by atoms with Crippen LogP contribution in [0, 0.1) is 24.2 Å². The maximum Gasteiger partial charge on any atom is 0.349 e. The number of hydrogen-bond donors (Lipinski definition) is 1. The van der Waals surface area contributed by atoms with E-state index in [2.05, 4.69) is 77.0 Å². The smallest absolute Gasteiger partial charge is 0.349 e. The molecule has 1 aliphatic carbocycles. The van der Waals surface area contributed by atoms with Crippen LogP contribution in [0.1, 0.15) is 75.7 Å². The van der Waals surface area contributed by atoms with Crippen molar-refractivity contribution in [2.75, 3.05) is 29.9 Å². The molecule has 1 aliphatic heterocycles. The van der Waals surface area contributed by atoms with E-state index in [1.165, 1.54) is 34.2 Å². The molecular formula is C31H41N7O. The predicted octanol–water partition coefficient (Wildman–Crippen LogP) is 5.16. The first-order valence-electron chi connectivity index (χ1n) is 14.5. The molecule has 1 aromatic carbocycles. The van der Waals surface area contributed by atoms with Crippen LogP contribution >= 0.6 is 0 Å². The Kier molecular flexibility index (Phi) is 7.90. The number of hydrogen-bond acceptors (Lipinski definition) is 7. The molecule has 1 saturated heterocycles. The molecule has 0 radical (unpaired) electrons. The van der Waals surface area contributed by atoms with E-state index in [-0.39, 0.29) is 11.7 Å². The standard InChI is InChI=1S/C31H41N7O/c1-6-24-19-38(30-29-28(36(5)31(39)35-30)14-12-23(16-32)34-29)25(7-2)18-37(24)27(8-3)26-13-11-22(15-20(26)4)33-17-21-9-10-21/h11-15,21,24-25,27,33H,6-10,17-19H2,1-5H3/t24-,25+,27?/m1/s1. The Hall–Kier alpha value is -3.44. The van der Waals surface area contributed by atoms with Crippen molar-refractivity contribution in [2.24, 2.45) is 13.0 Å². The van der Waals surface area contributed by atoms with Crippen LogP contribution in [0.15, 0.2) is 35.1 Å². The molecule has 2 aliphatic rings. The fourth-order valence-electron chi connectivity index (χ4n) is 6.17. The van der Waals surface area contributed by atoms with E-state index < -0.39 is 0 Å². The second-order valence-electron chi connectivity index (χ2n) is 11.2. The average molecular weight is 528 g/mol. The van der Waals surface area contributed by atoms with Gasteiger partial charge >= 0.3 is 5.69 Å². The maximum absolute atomic E-state index is 12.9. The number of rotatable bonds is 9. The summed E-state index contributed by atoms with van der Waals surface area (Å²) in [5, 5.41) is 13.1. The first-order valence-corrected chi connectivity index (χ1v) is 14.5. The van der Waals surface area contributed by atoms with Gasteiger partial charge in [-0.15, -0.1) is 0 Å². The third-order valence-corrected chi connectivity index (χ3v) is 8.71. The summed E-state index contributed by atoms with van der Waals surface area (Å²) in [6.07, 6.45) is 5.64. The summed E-state index contributed by atoms with van der Waals surface area (Å²) in [5.41, 5.74) is 5.30. The molecule has 2 aromatic heterocycles. The van der Waals surface area contributed by atoms with E-state index in [0.717, 1.165) is 44.8 Å². The molecule has 0 bridgehead atoms. The lowest BCUT2D eigenvalue weighted by Gasteiger charge is -2.50. The number of pyridine rings is 1. The molecule has 1 N–H and O–H groups in total. The monoisotopic (exact) mass is 527 g/mol. The molecule has 3 heterocycles. The molecule has 1 saturated carbocycles. The van der Waals surface area contributed by atoms with Gasteiger partial charge in [0, 0.05) is 50.5 Å². The summed E-state index contributed by atoms with van der Waals surface area (Å²) < 4.78 is 1.51. The van der Waals surface area contributed by atoms with Gasteiger partial charge in [-0.3, -0.25) is 9.47 Å². The molecule has 0 amide bonds. The Labute approximate surface area is 231 Å². The Morgan fingerprint density at radius 2 is 1.85 bits per heavy atom. The lowest BCUT2D eigenvalue weighted by atomic mass is 9.92. The van der Waals surface area contributed by atoms with Crippen LogP contribution in [0.25, 0.3) is 11.0 Å². The minimum Gasteiger partial charge on any atom is -0.385 e. The number of benzene rings is 1. The highest BCUT2D eigenvalue weighted by molar-refractivity contribution is 5.86. The molecule has 39 heavy (non-hydrogen) atoms. The predicted molar refractivity (Wildman–Crippen MR) is 157 cm³/mol. The van der Waals surface area contributed by atoms with Crippen LogP contribution in [0.3, 0.4) is 0 Å². The van der Waals surface area contributed by atoms with E-state index in [4.69, 9.17) is 0 Å². The van der Waals surface area contributed by atoms with E-state index in [1.807, 2.05) is 0 Å². The van der Waals surface area contributed by atoms with Crippen LogP contribution in [0.4, 0.5) is 11.5 Å². The van der Waals surface area contributed by atoms with Crippen molar-refractivity contribution >= 4 is 22.5 Å². The third kappa shape index (κ3) is 5.38. The van der Waals surface area contributed by atoms with Gasteiger partial charge < -0.3 is 10.2 Å². The number of anilines is 2. The lowest BCUT2D eigenvalue weighted by Crippen LogP contribution is -2.59. The fourth-order valence-corrected chi connectivity index (χ4v) is 6.17. The van der Waals surface area contributed by atoms with Gasteiger partial charge in [-0.25, -0.2) is 9.78 Å². The third-order valence-electron chi connectivity index (χ3n) is 8.71. The summed E-state index contributed by atoms with van der Waals surface area (Å²) in [4.78, 5) is 27.0. The number of piperazine rings is 1. The maximum atomic E-state index is 12.9. The van der Waals surface area contributed by atoms with Crippen molar-refractivity contribution in [3.05, 3.63) is 57.6 Å². The van der Waals surface area contributed by atoms with Crippen LogP contribution in [0.5, 0.6) is 0 Å². The fraction of sp³-hybridized carbons (Fsp3) is 0.548. The van der Waals surface area contributed by atoms with Gasteiger partial charge in [-0.2, -0.15) is 10.2 Å². The van der Waals surface area contributed by atoms with Crippen LogP contribution in [-0.2, 0) is 7.05 Å². The van der Waals surface area contributed by atoms with Crippen LogP contribution in [0.2, 0.25) is 0 Å². The molecule has 5 rings (SSSR count). The minimum absolute atomic E-state index is 0.178. The van der Waals surface area contributed by atoms with Gasteiger partial charge in [-0.1, -0.05) is 26.8 Å². The first-order chi connectivity index (χ1) is 18.9. The van der Waals surface area contributed by atoms with Crippen molar-refractivity contribution in [3.8, 4) is 6.07 Å². The molecule has 3 atom stereocenters. The highest BCUT2D eigenvalue weighted by atomic mass is 16.1. The number of nitrogens with zero attached hydrogens (tertiary/aromatic N) is 6. The van der Waals surface area contributed by atoms with Crippen LogP contribution < -0.4 is 15.9 Å². The number of aryl methyl sites for hydroxylation is 2. The largest absolute Gasteiger partial charge is 0.385 e. The normalized spacial score (nSPS) is 20.7. The summed E-state index contributed by atoms with van der Waals surface area (Å²) in [7, 11) is 1.71. The topological polar surface area (TPSA) is 90.1 Å². The lowest BCUT2D eigenvalue weighted by molar-refractivity contribution is 0.0892. The summed E-state index contributed by atoms with van der Waals surface area (Å²) in [6, 6.07) is 13.3. The van der Waals surface area contributed by atoms with E-state index in [0.29, 0.717) is 34.6 Å². The number of nitriles is 1. The molecule has 2 fully saturated rings. The molecule has 1 unspecified atom stereocenters. The number of nitrogens with one attached hydrogen (secondary N) is 1. The van der Waals surface area contributed by atoms with Gasteiger partial charge in [0.25, 0.3) is 0 Å². The summed E-state index contributed by atoms with van der Waals surface area (Å²) in [5.74, 6) is 1.45. The zero-order chi connectivity index (χ0) is 27.7. The van der Waals surface area contributed by atoms with Gasteiger partial charge in [0.15, 0.2) is 5.82 Å². The SMILES string of the molecule is CCC(c1ccc(NCC2CC2)cc1C)N1C[C@H](CC)N(c2nc(=O)n(C)c3ccc(C#N)nc23)C[C@H]1CC. The Morgan fingerprint density at radius 1 is 1.08 bits per heavy atom. The zero-order valence-electron chi connectivity index (χ0n) is 23.9. The first kappa shape index (κ1) is 27.1. The van der Waals surface area contributed by atoms with Crippen molar-refractivity contribution in [2.45, 2.75) is 77.9 Å². The van der Waals surface area contributed by atoms with Crippen molar-refractivity contribution in [3.63, 3.8) is 0 Å². The summed E-state index contributed by atoms with van der Waals surface area (Å²) >= 11 is 0. The Morgan fingerprint density at radius 3 is 2.49 bits per heavy atom. The van der Waals surface area contributed by atoms with Crippen molar-refractivity contribution in [1.29, 1.82) is 5.26 Å². The molecular weight excluding hydrogens is 486 g/mol. The van der Waals surface area contributed by atoms with Crippen molar-refractivity contribution < 1.29 is 0 Å². The van der Waals surface area contributed by atoms with Gasteiger partial charge in [0.1, 0.15) is 17.3 Å². The van der Waals surface area contributed by atoms with Gasteiger partial charge in [0.05, 0.1) is 5.52 Å². The highest BCUT2D eigenvalue weighted by Gasteiger charge is 2.38. The Bertz CT molecular complexity index is 1440. The molecule has 0 spiro atoms. The minimum atomic E-state index is -0.299. The molecule has 206 valence electrons. The van der Waals surface area contributed by atoms with Crippen molar-refractivity contribution in [1.82, 2.24) is 19.4 Å².